The summed E-state index contributed by atoms with van der Waals surface area (Å²) in [5, 5.41) is 4.68. The van der Waals surface area contributed by atoms with Crippen LogP contribution in [-0.2, 0) is 9.53 Å². The minimum atomic E-state index is -0.817. The van der Waals surface area contributed by atoms with Gasteiger partial charge in [0.25, 0.3) is 0 Å². The molecule has 0 aliphatic carbocycles. The Hall–Kier alpha value is -3.98. The molecule has 0 aliphatic rings. The maximum Gasteiger partial charge on any atom is 0.434 e. The number of ketones is 1. The molecule has 2 aromatic carbocycles. The van der Waals surface area contributed by atoms with Gasteiger partial charge in [-0.2, -0.15) is 5.01 Å². The van der Waals surface area contributed by atoms with Gasteiger partial charge in [0.1, 0.15) is 11.9 Å². The number of carbonyl (C=O) groups is 3. The number of hydrazine groups is 1. The molecule has 0 atom stereocenters. The molecule has 200 valence electrons. The van der Waals surface area contributed by atoms with E-state index in [0.29, 0.717) is 34.4 Å². The van der Waals surface area contributed by atoms with Crippen LogP contribution in [0.4, 0.5) is 16.2 Å². The molecular formula is C28H32ClN5O4. The minimum Gasteiger partial charge on any atom is -0.442 e. The number of anilines is 2. The van der Waals surface area contributed by atoms with E-state index in [1.807, 2.05) is 6.07 Å². The summed E-state index contributed by atoms with van der Waals surface area (Å²) in [6.07, 6.45) is 3.40. The zero-order valence-electron chi connectivity index (χ0n) is 22.1. The van der Waals surface area contributed by atoms with E-state index in [9.17, 15) is 14.4 Å². The number of carbonyl (C=O) groups excluding carboxylic acids is 3. The highest BCUT2D eigenvalue weighted by Crippen LogP contribution is 2.28. The van der Waals surface area contributed by atoms with Gasteiger partial charge in [0, 0.05) is 30.1 Å². The van der Waals surface area contributed by atoms with Gasteiger partial charge in [-0.25, -0.2) is 14.8 Å². The Morgan fingerprint density at radius 1 is 1.03 bits per heavy atom. The molecule has 0 bridgehead atoms. The quantitative estimate of drug-likeness (QED) is 0.208. The van der Waals surface area contributed by atoms with Crippen molar-refractivity contribution in [3.63, 3.8) is 0 Å². The number of halogens is 1. The molecule has 0 unspecified atom stereocenters. The number of nitrogens with zero attached hydrogens (tertiary/aromatic N) is 3. The first-order valence-corrected chi connectivity index (χ1v) is 12.6. The number of amides is 2. The summed E-state index contributed by atoms with van der Waals surface area (Å²) in [6.45, 7) is 9.92. The summed E-state index contributed by atoms with van der Waals surface area (Å²) < 4.78 is 5.50. The summed E-state index contributed by atoms with van der Waals surface area (Å²) >= 11 is 6.33. The third kappa shape index (κ3) is 8.27. The fourth-order valence-corrected chi connectivity index (χ4v) is 3.54. The van der Waals surface area contributed by atoms with Crippen molar-refractivity contribution >= 4 is 40.8 Å². The third-order valence-electron chi connectivity index (χ3n) is 5.12. The van der Waals surface area contributed by atoms with Gasteiger partial charge in [0.05, 0.1) is 22.8 Å². The molecule has 38 heavy (non-hydrogen) atoms. The van der Waals surface area contributed by atoms with E-state index in [2.05, 4.69) is 34.6 Å². The molecule has 2 N–H and O–H groups in total. The van der Waals surface area contributed by atoms with Gasteiger partial charge in [-0.05, 0) is 56.5 Å². The maximum absolute atomic E-state index is 13.1. The van der Waals surface area contributed by atoms with E-state index in [1.54, 1.807) is 69.6 Å². The minimum absolute atomic E-state index is 0.321. The van der Waals surface area contributed by atoms with Crippen LogP contribution in [0.2, 0.25) is 5.02 Å². The molecule has 1 heterocycles. The van der Waals surface area contributed by atoms with Gasteiger partial charge >= 0.3 is 6.09 Å². The van der Waals surface area contributed by atoms with Crippen LogP contribution < -0.4 is 15.8 Å². The van der Waals surface area contributed by atoms with Crippen LogP contribution in [0.3, 0.4) is 0 Å². The fourth-order valence-electron chi connectivity index (χ4n) is 3.36. The lowest BCUT2D eigenvalue weighted by Gasteiger charge is -2.28. The number of aromatic nitrogens is 2. The molecule has 3 aromatic rings. The zero-order valence-corrected chi connectivity index (χ0v) is 22.9. The summed E-state index contributed by atoms with van der Waals surface area (Å²) in [7, 11) is 0. The summed E-state index contributed by atoms with van der Waals surface area (Å²) in [6, 6.07) is 11.7. The second kappa shape index (κ2) is 12.5. The zero-order chi connectivity index (χ0) is 27.9. The molecule has 2 amide bonds. The lowest BCUT2D eigenvalue weighted by atomic mass is 10.0. The monoisotopic (exact) mass is 537 g/mol. The second-order valence-electron chi connectivity index (χ2n) is 10.1. The highest BCUT2D eigenvalue weighted by atomic mass is 35.5. The largest absolute Gasteiger partial charge is 0.442 e. The SMILES string of the molecule is CC(C)CNc1cc(N(NC(=O)CC(=O)c2cccc(-c3cncnc3)c2)C(=O)OC(C)(C)C)ccc1Cl. The highest BCUT2D eigenvalue weighted by Gasteiger charge is 2.26. The van der Waals surface area contributed by atoms with Gasteiger partial charge in [0.15, 0.2) is 5.78 Å². The first-order chi connectivity index (χ1) is 17.9. The van der Waals surface area contributed by atoms with Crippen LogP contribution in [0.15, 0.2) is 61.2 Å². The average molecular weight is 538 g/mol. The molecule has 0 spiro atoms. The molecule has 3 rings (SSSR count). The summed E-state index contributed by atoms with van der Waals surface area (Å²) in [4.78, 5) is 47.0. The number of hydrogen-bond donors (Lipinski definition) is 2. The van der Waals surface area contributed by atoms with Crippen LogP contribution in [0, 0.1) is 5.92 Å². The summed E-state index contributed by atoms with van der Waals surface area (Å²) in [5.74, 6) is -0.739. The smallest absolute Gasteiger partial charge is 0.434 e. The molecule has 0 aliphatic heterocycles. The van der Waals surface area contributed by atoms with Crippen molar-refractivity contribution in [3.05, 3.63) is 71.8 Å². The molecule has 0 radical (unpaired) electrons. The van der Waals surface area contributed by atoms with Crippen molar-refractivity contribution in [1.82, 2.24) is 15.4 Å². The van der Waals surface area contributed by atoms with Gasteiger partial charge in [0.2, 0.25) is 5.91 Å². The molecule has 9 nitrogen and oxygen atoms in total. The predicted molar refractivity (Wildman–Crippen MR) is 148 cm³/mol. The van der Waals surface area contributed by atoms with Gasteiger partial charge in [-0.1, -0.05) is 43.6 Å². The van der Waals surface area contributed by atoms with E-state index in [0.717, 1.165) is 16.1 Å². The Labute approximate surface area is 227 Å². The van der Waals surface area contributed by atoms with E-state index in [4.69, 9.17) is 16.3 Å². The van der Waals surface area contributed by atoms with Gasteiger partial charge in [-0.15, -0.1) is 0 Å². The first-order valence-electron chi connectivity index (χ1n) is 12.2. The van der Waals surface area contributed by atoms with E-state index >= 15 is 0 Å². The second-order valence-corrected chi connectivity index (χ2v) is 10.5. The number of benzene rings is 2. The van der Waals surface area contributed by atoms with E-state index in [-0.39, 0.29) is 0 Å². The highest BCUT2D eigenvalue weighted by molar-refractivity contribution is 6.33. The molecule has 0 saturated carbocycles. The standard InChI is InChI=1S/C28H32ClN5O4/c1-18(2)14-32-24-12-22(9-10-23(24)29)34(27(37)38-28(3,4)5)33-26(36)13-25(35)20-8-6-7-19(11-20)21-15-30-17-31-16-21/h6-12,15-18,32H,13-14H2,1-5H3,(H,33,36). The van der Waals surface area contributed by atoms with E-state index < -0.39 is 29.8 Å². The molecule has 10 heteroatoms. The number of hydrogen-bond acceptors (Lipinski definition) is 7. The van der Waals surface area contributed by atoms with Gasteiger partial charge in [-0.3, -0.25) is 15.0 Å². The lowest BCUT2D eigenvalue weighted by Crippen LogP contribution is -2.49. The first kappa shape index (κ1) is 28.6. The van der Waals surface area contributed by atoms with Crippen molar-refractivity contribution in [3.8, 4) is 11.1 Å². The topological polar surface area (TPSA) is 114 Å². The van der Waals surface area contributed by atoms with Crippen molar-refractivity contribution in [2.45, 2.75) is 46.6 Å². The summed E-state index contributed by atoms with van der Waals surface area (Å²) in [5.41, 5.74) is 4.45. The Morgan fingerprint density at radius 2 is 1.74 bits per heavy atom. The Bertz CT molecular complexity index is 1290. The van der Waals surface area contributed by atoms with E-state index in [1.165, 1.54) is 6.33 Å². The average Bonchev–Trinajstić information content (AvgIpc) is 2.86. The number of nitrogens with one attached hydrogen (secondary N) is 2. The molecule has 1 aromatic heterocycles. The number of ether oxygens (including phenoxy) is 1. The van der Waals surface area contributed by atoms with Crippen molar-refractivity contribution in [2.24, 2.45) is 5.92 Å². The fraction of sp³-hybridized carbons (Fsp3) is 0.321. The Balaban J connectivity index is 1.81. The third-order valence-corrected chi connectivity index (χ3v) is 5.45. The van der Waals surface area contributed by atoms with Crippen LogP contribution in [0.5, 0.6) is 0 Å². The van der Waals surface area contributed by atoms with Crippen LogP contribution in [-0.4, -0.2) is 39.9 Å². The molecular weight excluding hydrogens is 506 g/mol. The van der Waals surface area contributed by atoms with Crippen molar-refractivity contribution in [2.75, 3.05) is 16.9 Å². The molecule has 0 saturated heterocycles. The van der Waals surface area contributed by atoms with Crippen molar-refractivity contribution in [1.29, 1.82) is 0 Å². The Kier molecular flexibility index (Phi) is 9.41. The van der Waals surface area contributed by atoms with Crippen LogP contribution >= 0.6 is 11.6 Å². The predicted octanol–water partition coefficient (Wildman–Crippen LogP) is 5.91. The van der Waals surface area contributed by atoms with Gasteiger partial charge < -0.3 is 10.1 Å². The Morgan fingerprint density at radius 3 is 2.39 bits per heavy atom. The maximum atomic E-state index is 13.1. The van der Waals surface area contributed by atoms with Crippen LogP contribution in [0.25, 0.3) is 11.1 Å². The van der Waals surface area contributed by atoms with Crippen molar-refractivity contribution < 1.29 is 19.1 Å². The number of Topliss-reactive ketones (excluding diaryl/α,β-unsaturated/α-hetero) is 1. The normalized spacial score (nSPS) is 11.1. The molecule has 0 fully saturated rings. The lowest BCUT2D eigenvalue weighted by molar-refractivity contribution is -0.120. The van der Waals surface area contributed by atoms with Crippen LogP contribution in [0.1, 0.15) is 51.4 Å². The number of rotatable bonds is 8.